The molecule has 2 atom stereocenters. The summed E-state index contributed by atoms with van der Waals surface area (Å²) < 4.78 is 12.0. The smallest absolute Gasteiger partial charge is 0.0602 e. The molecule has 0 radical (unpaired) electrons. The van der Waals surface area contributed by atoms with Crippen molar-refractivity contribution in [2.24, 2.45) is 11.8 Å². The second-order valence-electron chi connectivity index (χ2n) is 10.2. The maximum atomic E-state index is 6.08. The quantitative estimate of drug-likeness (QED) is 0.688. The molecule has 0 aromatic rings. The first-order valence-corrected chi connectivity index (χ1v) is 10.1. The van der Waals surface area contributed by atoms with Gasteiger partial charge < -0.3 is 14.4 Å². The Kier molecular flexibility index (Phi) is 6.78. The van der Waals surface area contributed by atoms with Crippen LogP contribution in [0.2, 0.25) is 0 Å². The lowest BCUT2D eigenvalue weighted by Crippen LogP contribution is -2.48. The van der Waals surface area contributed by atoms with E-state index in [1.165, 1.54) is 45.2 Å². The number of piperidine rings is 1. The highest BCUT2D eigenvalue weighted by Crippen LogP contribution is 2.35. The van der Waals surface area contributed by atoms with Crippen LogP contribution >= 0.6 is 0 Å². The van der Waals surface area contributed by atoms with Gasteiger partial charge in [0.25, 0.3) is 0 Å². The Morgan fingerprint density at radius 3 is 2.12 bits per heavy atom. The molecule has 1 saturated heterocycles. The fraction of sp³-hybridized carbons (Fsp3) is 1.00. The lowest BCUT2D eigenvalue weighted by Gasteiger charge is -2.45. The highest BCUT2D eigenvalue weighted by Gasteiger charge is 2.35. The number of hydrogen-bond acceptors (Lipinski definition) is 3. The van der Waals surface area contributed by atoms with Crippen LogP contribution in [-0.4, -0.2) is 47.9 Å². The van der Waals surface area contributed by atoms with Crippen LogP contribution in [0, 0.1) is 11.8 Å². The van der Waals surface area contributed by atoms with Crippen molar-refractivity contribution in [1.82, 2.24) is 4.90 Å². The zero-order chi connectivity index (χ0) is 18.0. The van der Waals surface area contributed by atoms with E-state index < -0.39 is 0 Å². The summed E-state index contributed by atoms with van der Waals surface area (Å²) >= 11 is 0. The van der Waals surface area contributed by atoms with Crippen molar-refractivity contribution in [2.75, 3.05) is 19.7 Å². The first kappa shape index (κ1) is 20.2. The third-order valence-corrected chi connectivity index (χ3v) is 5.39. The van der Waals surface area contributed by atoms with Gasteiger partial charge in [-0.3, -0.25) is 0 Å². The molecule has 2 fully saturated rings. The van der Waals surface area contributed by atoms with Crippen molar-refractivity contribution < 1.29 is 9.47 Å². The molecule has 24 heavy (non-hydrogen) atoms. The van der Waals surface area contributed by atoms with Crippen LogP contribution in [0.5, 0.6) is 0 Å². The van der Waals surface area contributed by atoms with Crippen molar-refractivity contribution in [3.63, 3.8) is 0 Å². The van der Waals surface area contributed by atoms with Crippen molar-refractivity contribution in [3.8, 4) is 0 Å². The molecule has 3 nitrogen and oxygen atoms in total. The minimum atomic E-state index is 0.00219. The molecule has 3 heteroatoms. The maximum absolute atomic E-state index is 6.08. The first-order chi connectivity index (χ1) is 11.0. The largest absolute Gasteiger partial charge is 0.376 e. The zero-order valence-electron chi connectivity index (χ0n) is 17.2. The standard InChI is InChI=1S/C21H41NO2/c1-16-12-17(9-11-23-20(2,3)4)8-10-22(16)15-18-13-19(14-18)24-21(5,6)7/h16-19H,8-15H2,1-7H3/t16-,17+,18?,19?/m1/s1. The summed E-state index contributed by atoms with van der Waals surface area (Å²) in [6.07, 6.45) is 6.90. The minimum Gasteiger partial charge on any atom is -0.376 e. The molecule has 2 aliphatic rings. The van der Waals surface area contributed by atoms with E-state index in [2.05, 4.69) is 53.4 Å². The molecule has 1 aliphatic heterocycles. The monoisotopic (exact) mass is 339 g/mol. The number of nitrogens with zero attached hydrogens (tertiary/aromatic N) is 1. The molecule has 0 bridgehead atoms. The van der Waals surface area contributed by atoms with E-state index in [0.717, 1.165) is 24.5 Å². The van der Waals surface area contributed by atoms with E-state index >= 15 is 0 Å². The molecule has 0 N–H and O–H groups in total. The van der Waals surface area contributed by atoms with Crippen LogP contribution in [0.25, 0.3) is 0 Å². The number of rotatable bonds is 6. The average Bonchev–Trinajstić information content (AvgIpc) is 2.36. The highest BCUT2D eigenvalue weighted by atomic mass is 16.5. The van der Waals surface area contributed by atoms with Crippen molar-refractivity contribution in [3.05, 3.63) is 0 Å². The fourth-order valence-corrected chi connectivity index (χ4v) is 4.13. The van der Waals surface area contributed by atoms with Gasteiger partial charge in [-0.25, -0.2) is 0 Å². The van der Waals surface area contributed by atoms with Gasteiger partial charge in [0.15, 0.2) is 0 Å². The molecule has 0 aromatic carbocycles. The van der Waals surface area contributed by atoms with Crippen LogP contribution in [0.1, 0.15) is 80.6 Å². The molecule has 0 spiro atoms. The van der Waals surface area contributed by atoms with Gasteiger partial charge in [-0.2, -0.15) is 0 Å². The summed E-state index contributed by atoms with van der Waals surface area (Å²) in [6.45, 7) is 18.8. The third kappa shape index (κ3) is 7.01. The topological polar surface area (TPSA) is 21.7 Å². The molecule has 142 valence electrons. The Hall–Kier alpha value is -0.120. The van der Waals surface area contributed by atoms with E-state index in [4.69, 9.17) is 9.47 Å². The lowest BCUT2D eigenvalue weighted by atomic mass is 9.80. The van der Waals surface area contributed by atoms with Gasteiger partial charge in [0.1, 0.15) is 0 Å². The average molecular weight is 340 g/mol. The Morgan fingerprint density at radius 1 is 0.917 bits per heavy atom. The SMILES string of the molecule is C[C@@H]1C[C@H](CCOC(C)(C)C)CCN1CC1CC(OC(C)(C)C)C1. The zero-order valence-corrected chi connectivity index (χ0v) is 17.2. The highest BCUT2D eigenvalue weighted by molar-refractivity contribution is 4.87. The molecular weight excluding hydrogens is 298 g/mol. The molecule has 1 heterocycles. The van der Waals surface area contributed by atoms with E-state index in [1.54, 1.807) is 0 Å². The number of likely N-dealkylation sites (tertiary alicyclic amines) is 1. The van der Waals surface area contributed by atoms with E-state index in [-0.39, 0.29) is 11.2 Å². The molecular formula is C21H41NO2. The van der Waals surface area contributed by atoms with E-state index in [0.29, 0.717) is 6.10 Å². The Morgan fingerprint density at radius 2 is 1.58 bits per heavy atom. The van der Waals surface area contributed by atoms with Crippen molar-refractivity contribution >= 4 is 0 Å². The Labute approximate surface area is 150 Å². The molecule has 1 saturated carbocycles. The van der Waals surface area contributed by atoms with Gasteiger partial charge in [-0.05, 0) is 99.0 Å². The predicted octanol–water partition coefficient (Wildman–Crippen LogP) is 4.89. The van der Waals surface area contributed by atoms with Gasteiger partial charge in [-0.15, -0.1) is 0 Å². The second-order valence-corrected chi connectivity index (χ2v) is 10.2. The van der Waals surface area contributed by atoms with Crippen molar-refractivity contribution in [1.29, 1.82) is 0 Å². The minimum absolute atomic E-state index is 0.00219. The summed E-state index contributed by atoms with van der Waals surface area (Å²) in [5.41, 5.74) is 0.0125. The van der Waals surface area contributed by atoms with Gasteiger partial charge in [0, 0.05) is 19.2 Å². The summed E-state index contributed by atoms with van der Waals surface area (Å²) in [4.78, 5) is 2.72. The predicted molar refractivity (Wildman–Crippen MR) is 101 cm³/mol. The Bertz CT molecular complexity index is 376. The lowest BCUT2D eigenvalue weighted by molar-refractivity contribution is -0.117. The summed E-state index contributed by atoms with van der Waals surface area (Å²) in [5, 5.41) is 0. The van der Waals surface area contributed by atoms with Gasteiger partial charge in [-0.1, -0.05) is 0 Å². The Balaban J connectivity index is 1.62. The van der Waals surface area contributed by atoms with E-state index in [1.807, 2.05) is 0 Å². The molecule has 0 aromatic heterocycles. The summed E-state index contributed by atoms with van der Waals surface area (Å²) in [7, 11) is 0. The number of ether oxygens (including phenoxy) is 2. The maximum Gasteiger partial charge on any atom is 0.0602 e. The number of hydrogen-bond donors (Lipinski definition) is 0. The summed E-state index contributed by atoms with van der Waals surface area (Å²) in [5.74, 6) is 1.69. The molecule has 2 rings (SSSR count). The third-order valence-electron chi connectivity index (χ3n) is 5.39. The van der Waals surface area contributed by atoms with Crippen LogP contribution in [0.15, 0.2) is 0 Å². The van der Waals surface area contributed by atoms with Gasteiger partial charge in [0.05, 0.1) is 17.3 Å². The van der Waals surface area contributed by atoms with Gasteiger partial charge >= 0.3 is 0 Å². The molecule has 0 unspecified atom stereocenters. The van der Waals surface area contributed by atoms with Crippen LogP contribution < -0.4 is 0 Å². The second kappa shape index (κ2) is 8.05. The van der Waals surface area contributed by atoms with E-state index in [9.17, 15) is 0 Å². The summed E-state index contributed by atoms with van der Waals surface area (Å²) in [6, 6.07) is 0.723. The van der Waals surface area contributed by atoms with Crippen LogP contribution in [0.3, 0.4) is 0 Å². The molecule has 0 amide bonds. The van der Waals surface area contributed by atoms with Crippen LogP contribution in [0.4, 0.5) is 0 Å². The van der Waals surface area contributed by atoms with Crippen molar-refractivity contribution in [2.45, 2.75) is 104 Å². The first-order valence-electron chi connectivity index (χ1n) is 10.1. The normalized spacial score (nSPS) is 32.6. The fourth-order valence-electron chi connectivity index (χ4n) is 4.13. The van der Waals surface area contributed by atoms with Gasteiger partial charge in [0.2, 0.25) is 0 Å². The molecule has 1 aliphatic carbocycles. The van der Waals surface area contributed by atoms with Crippen LogP contribution in [-0.2, 0) is 9.47 Å².